The fourth-order valence-corrected chi connectivity index (χ4v) is 3.70. The Morgan fingerprint density at radius 1 is 1.21 bits per heavy atom. The molecular formula is C19H15Cl3F3N3O5. The molecule has 3 N–H and O–H groups in total. The van der Waals surface area contributed by atoms with Gasteiger partial charge in [0.05, 0.1) is 17.7 Å². The normalized spacial score (nSPS) is 22.8. The monoisotopic (exact) mass is 527 g/mol. The molecule has 33 heavy (non-hydrogen) atoms. The maximum absolute atomic E-state index is 13.7. The lowest BCUT2D eigenvalue weighted by atomic mass is 9.82. The number of esters is 1. The Balaban J connectivity index is 1.95. The summed E-state index contributed by atoms with van der Waals surface area (Å²) < 4.78 is 51.3. The van der Waals surface area contributed by atoms with Crippen molar-refractivity contribution < 1.29 is 37.3 Å². The minimum Gasteiger partial charge on any atom is -0.466 e. The summed E-state index contributed by atoms with van der Waals surface area (Å²) in [6.07, 6.45) is -5.38. The third-order valence-electron chi connectivity index (χ3n) is 4.66. The fraction of sp³-hybridized carbons (Fsp3) is 0.316. The Morgan fingerprint density at radius 3 is 2.42 bits per heavy atom. The summed E-state index contributed by atoms with van der Waals surface area (Å²) in [5, 5.41) is 14.0. The number of alkyl halides is 3. The van der Waals surface area contributed by atoms with Crippen LogP contribution in [0.2, 0.25) is 15.2 Å². The molecule has 0 saturated carbocycles. The number of hydrogen-bond donors (Lipinski definition) is 3. The molecule has 2 aromatic rings. The van der Waals surface area contributed by atoms with Crippen molar-refractivity contribution in [3.8, 4) is 11.6 Å². The van der Waals surface area contributed by atoms with Crippen LogP contribution in [-0.4, -0.2) is 40.6 Å². The first-order valence-corrected chi connectivity index (χ1v) is 10.3. The number of hydrogen-bond acceptors (Lipinski definition) is 6. The number of aromatic nitrogens is 1. The van der Waals surface area contributed by atoms with Gasteiger partial charge in [0, 0.05) is 0 Å². The average Bonchev–Trinajstić information content (AvgIpc) is 2.71. The van der Waals surface area contributed by atoms with Gasteiger partial charge in [-0.2, -0.15) is 18.2 Å². The standard InChI is InChI=1S/C19H15Cl3F3N3O5/c1-2-32-16(29)12-13(26-17(30)28-18(12,31)19(23,24)25)8-3-5-9(6-4-8)33-15-11(21)7-10(20)14(22)27-15/h3-7,12-13,31H,2H2,1H3,(H2,26,28,30)/t12-,13+,18+/m1/s1. The van der Waals surface area contributed by atoms with Crippen LogP contribution in [-0.2, 0) is 9.53 Å². The Kier molecular flexibility index (Phi) is 7.18. The van der Waals surface area contributed by atoms with E-state index in [0.29, 0.717) is 0 Å². The highest BCUT2D eigenvalue weighted by Gasteiger charge is 2.67. The Hall–Kier alpha value is -2.47. The van der Waals surface area contributed by atoms with E-state index >= 15 is 0 Å². The van der Waals surface area contributed by atoms with Gasteiger partial charge in [0.25, 0.3) is 5.72 Å². The van der Waals surface area contributed by atoms with E-state index in [0.717, 1.165) is 0 Å². The van der Waals surface area contributed by atoms with Crippen molar-refractivity contribution in [1.82, 2.24) is 15.6 Å². The summed E-state index contributed by atoms with van der Waals surface area (Å²) in [6.45, 7) is 1.15. The zero-order chi connectivity index (χ0) is 24.6. The summed E-state index contributed by atoms with van der Waals surface area (Å²) in [5.41, 5.74) is -3.80. The molecule has 0 bridgehead atoms. The van der Waals surface area contributed by atoms with Crippen LogP contribution < -0.4 is 15.4 Å². The first-order valence-electron chi connectivity index (χ1n) is 9.21. The first-order chi connectivity index (χ1) is 15.4. The number of carbonyl (C=O) groups is 2. The summed E-state index contributed by atoms with van der Waals surface area (Å²) in [5.74, 6) is -3.52. The highest BCUT2D eigenvalue weighted by atomic mass is 35.5. The molecule has 178 valence electrons. The molecule has 1 aliphatic rings. The number of rotatable bonds is 5. The van der Waals surface area contributed by atoms with Gasteiger partial charge in [-0.05, 0) is 30.7 Å². The van der Waals surface area contributed by atoms with Crippen molar-refractivity contribution in [2.24, 2.45) is 5.92 Å². The van der Waals surface area contributed by atoms with Gasteiger partial charge in [-0.25, -0.2) is 4.79 Å². The van der Waals surface area contributed by atoms with Crippen LogP contribution >= 0.6 is 34.8 Å². The topological polar surface area (TPSA) is 110 Å². The summed E-state index contributed by atoms with van der Waals surface area (Å²) in [6, 6.07) is 3.66. The lowest BCUT2D eigenvalue weighted by molar-refractivity contribution is -0.294. The van der Waals surface area contributed by atoms with E-state index in [1.165, 1.54) is 42.6 Å². The number of aliphatic hydroxyl groups is 1. The number of halogens is 6. The minimum atomic E-state index is -5.38. The van der Waals surface area contributed by atoms with Crippen LogP contribution in [0, 0.1) is 5.92 Å². The van der Waals surface area contributed by atoms with Crippen molar-refractivity contribution in [3.63, 3.8) is 0 Å². The molecule has 1 aromatic carbocycles. The van der Waals surface area contributed by atoms with Crippen LogP contribution in [0.4, 0.5) is 18.0 Å². The van der Waals surface area contributed by atoms with E-state index < -0.39 is 35.9 Å². The Bertz CT molecular complexity index is 1070. The number of nitrogens with zero attached hydrogens (tertiary/aromatic N) is 1. The minimum absolute atomic E-state index is 0.0525. The van der Waals surface area contributed by atoms with Crippen molar-refractivity contribution in [1.29, 1.82) is 0 Å². The van der Waals surface area contributed by atoms with Crippen LogP contribution in [0.3, 0.4) is 0 Å². The maximum atomic E-state index is 13.7. The quantitative estimate of drug-likeness (QED) is 0.386. The molecule has 0 aliphatic carbocycles. The smallest absolute Gasteiger partial charge is 0.437 e. The molecule has 8 nitrogen and oxygen atoms in total. The van der Waals surface area contributed by atoms with Crippen LogP contribution in [0.5, 0.6) is 11.6 Å². The molecule has 0 radical (unpaired) electrons. The van der Waals surface area contributed by atoms with Gasteiger partial charge >= 0.3 is 18.2 Å². The Labute approximate surface area is 199 Å². The van der Waals surface area contributed by atoms with Gasteiger partial charge in [0.15, 0.2) is 5.15 Å². The maximum Gasteiger partial charge on any atom is 0.437 e. The van der Waals surface area contributed by atoms with Crippen molar-refractivity contribution >= 4 is 46.8 Å². The van der Waals surface area contributed by atoms with Crippen LogP contribution in [0.15, 0.2) is 30.3 Å². The van der Waals surface area contributed by atoms with Gasteiger partial charge < -0.3 is 25.2 Å². The lowest BCUT2D eigenvalue weighted by Gasteiger charge is -2.44. The number of urea groups is 1. The van der Waals surface area contributed by atoms with Crippen molar-refractivity contribution in [3.05, 3.63) is 51.1 Å². The second kappa shape index (κ2) is 9.41. The van der Waals surface area contributed by atoms with Crippen molar-refractivity contribution in [2.45, 2.75) is 24.9 Å². The molecule has 0 unspecified atom stereocenters. The van der Waals surface area contributed by atoms with Crippen LogP contribution in [0.1, 0.15) is 18.5 Å². The summed E-state index contributed by atoms with van der Waals surface area (Å²) >= 11 is 17.7. The lowest BCUT2D eigenvalue weighted by Crippen LogP contribution is -2.73. The molecule has 0 spiro atoms. The third kappa shape index (κ3) is 5.06. The zero-order valence-electron chi connectivity index (χ0n) is 16.5. The molecule has 1 fully saturated rings. The van der Waals surface area contributed by atoms with E-state index in [4.69, 9.17) is 44.3 Å². The van der Waals surface area contributed by atoms with Gasteiger partial charge in [-0.1, -0.05) is 46.9 Å². The van der Waals surface area contributed by atoms with Crippen LogP contribution in [0.25, 0.3) is 0 Å². The largest absolute Gasteiger partial charge is 0.466 e. The predicted molar refractivity (Wildman–Crippen MR) is 111 cm³/mol. The van der Waals surface area contributed by atoms with Gasteiger partial charge in [0.2, 0.25) is 5.88 Å². The van der Waals surface area contributed by atoms with Gasteiger partial charge in [0.1, 0.15) is 16.7 Å². The SMILES string of the molecule is CCOC(=O)[C@H]1[C@H](c2ccc(Oc3nc(Cl)c(Cl)cc3Cl)cc2)NC(=O)N[C@@]1(O)C(F)(F)F. The number of nitrogens with one attached hydrogen (secondary N) is 2. The molecule has 3 rings (SSSR count). The molecule has 2 amide bonds. The first kappa shape index (κ1) is 25.2. The number of carbonyl (C=O) groups excluding carboxylic acids is 2. The number of ether oxygens (including phenoxy) is 2. The molecule has 3 atom stereocenters. The number of amides is 2. The van der Waals surface area contributed by atoms with E-state index in [1.807, 2.05) is 0 Å². The van der Waals surface area contributed by atoms with Crippen molar-refractivity contribution in [2.75, 3.05) is 6.61 Å². The average molecular weight is 529 g/mol. The molecule has 1 saturated heterocycles. The number of benzene rings is 1. The molecule has 1 aliphatic heterocycles. The predicted octanol–water partition coefficient (Wildman–Crippen LogP) is 4.62. The van der Waals surface area contributed by atoms with E-state index in [2.05, 4.69) is 10.3 Å². The molecule has 2 heterocycles. The van der Waals surface area contributed by atoms with E-state index in [9.17, 15) is 27.9 Å². The molecular weight excluding hydrogens is 514 g/mol. The fourth-order valence-electron chi connectivity index (χ4n) is 3.17. The van der Waals surface area contributed by atoms with Gasteiger partial charge in [-0.3, -0.25) is 4.79 Å². The van der Waals surface area contributed by atoms with Gasteiger partial charge in [-0.15, -0.1) is 0 Å². The highest BCUT2D eigenvalue weighted by molar-refractivity contribution is 6.42. The second-order valence-corrected chi connectivity index (χ2v) is 7.96. The Morgan fingerprint density at radius 2 is 1.85 bits per heavy atom. The number of pyridine rings is 1. The summed E-state index contributed by atoms with van der Waals surface area (Å²) in [4.78, 5) is 28.2. The van der Waals surface area contributed by atoms with E-state index in [1.54, 1.807) is 0 Å². The third-order valence-corrected chi connectivity index (χ3v) is 5.60. The molecule has 14 heteroatoms. The zero-order valence-corrected chi connectivity index (χ0v) is 18.8. The second-order valence-electron chi connectivity index (χ2n) is 6.79. The molecule has 1 aromatic heterocycles. The highest BCUT2D eigenvalue weighted by Crippen LogP contribution is 2.43. The van der Waals surface area contributed by atoms with E-state index in [-0.39, 0.29) is 39.0 Å². The summed E-state index contributed by atoms with van der Waals surface area (Å²) in [7, 11) is 0.